The molecule has 0 spiro atoms. The van der Waals surface area contributed by atoms with Gasteiger partial charge in [0.1, 0.15) is 11.6 Å². The van der Waals surface area contributed by atoms with Crippen LogP contribution in [0.4, 0.5) is 0 Å². The van der Waals surface area contributed by atoms with Crippen molar-refractivity contribution in [3.05, 3.63) is 24.0 Å². The highest BCUT2D eigenvalue weighted by Gasteiger charge is 2.15. The predicted octanol–water partition coefficient (Wildman–Crippen LogP) is 4.53. The zero-order valence-electron chi connectivity index (χ0n) is 11.8. The Labute approximate surface area is 119 Å². The maximum Gasteiger partial charge on any atom is 0.127 e. The molecule has 0 radical (unpaired) electrons. The molecule has 2 rings (SSSR count). The van der Waals surface area contributed by atoms with Crippen molar-refractivity contribution >= 4 is 22.6 Å². The van der Waals surface area contributed by atoms with Gasteiger partial charge in [0.05, 0.1) is 23.0 Å². The van der Waals surface area contributed by atoms with Gasteiger partial charge in [-0.25, -0.2) is 4.98 Å². The van der Waals surface area contributed by atoms with Gasteiger partial charge in [-0.05, 0) is 32.4 Å². The monoisotopic (exact) mass is 280 g/mol. The zero-order valence-corrected chi connectivity index (χ0v) is 12.6. The van der Waals surface area contributed by atoms with Crippen LogP contribution in [0.1, 0.15) is 44.8 Å². The van der Waals surface area contributed by atoms with Crippen LogP contribution < -0.4 is 4.74 Å². The summed E-state index contributed by atoms with van der Waals surface area (Å²) >= 11 is 6.25. The molecule has 19 heavy (non-hydrogen) atoms. The number of alkyl halides is 1. The highest BCUT2D eigenvalue weighted by Crippen LogP contribution is 2.27. The number of aryl methyl sites for hydroxylation is 1. The van der Waals surface area contributed by atoms with Crippen molar-refractivity contribution in [2.45, 2.75) is 45.5 Å². The van der Waals surface area contributed by atoms with E-state index in [9.17, 15) is 0 Å². The van der Waals surface area contributed by atoms with Gasteiger partial charge in [0.2, 0.25) is 0 Å². The van der Waals surface area contributed by atoms with Gasteiger partial charge >= 0.3 is 0 Å². The van der Waals surface area contributed by atoms with E-state index in [-0.39, 0.29) is 5.38 Å². The number of benzene rings is 1. The number of rotatable bonds is 6. The SMILES string of the molecule is CCCCn1c(C(C)Cl)nc2cc(OCC)ccc21. The molecule has 0 aliphatic carbocycles. The van der Waals surface area contributed by atoms with Crippen molar-refractivity contribution in [1.82, 2.24) is 9.55 Å². The van der Waals surface area contributed by atoms with Crippen molar-refractivity contribution in [3.8, 4) is 5.75 Å². The Balaban J connectivity index is 2.46. The van der Waals surface area contributed by atoms with E-state index in [2.05, 4.69) is 22.5 Å². The summed E-state index contributed by atoms with van der Waals surface area (Å²) in [4.78, 5) is 4.66. The summed E-state index contributed by atoms with van der Waals surface area (Å²) < 4.78 is 7.75. The van der Waals surface area contributed by atoms with Crippen LogP contribution in [0.15, 0.2) is 18.2 Å². The lowest BCUT2D eigenvalue weighted by atomic mass is 10.3. The molecule has 2 aromatic rings. The van der Waals surface area contributed by atoms with E-state index in [4.69, 9.17) is 16.3 Å². The predicted molar refractivity (Wildman–Crippen MR) is 80.1 cm³/mol. The number of nitrogens with zero attached hydrogens (tertiary/aromatic N) is 2. The van der Waals surface area contributed by atoms with Crippen LogP contribution in [-0.4, -0.2) is 16.2 Å². The van der Waals surface area contributed by atoms with Crippen LogP contribution in [0.2, 0.25) is 0 Å². The summed E-state index contributed by atoms with van der Waals surface area (Å²) in [5.41, 5.74) is 2.10. The summed E-state index contributed by atoms with van der Waals surface area (Å²) in [5, 5.41) is -0.0835. The summed E-state index contributed by atoms with van der Waals surface area (Å²) in [6.07, 6.45) is 2.29. The number of aromatic nitrogens is 2. The van der Waals surface area contributed by atoms with E-state index < -0.39 is 0 Å². The van der Waals surface area contributed by atoms with Crippen LogP contribution in [0, 0.1) is 0 Å². The first kappa shape index (κ1) is 14.2. The molecule has 0 N–H and O–H groups in total. The summed E-state index contributed by atoms with van der Waals surface area (Å²) in [6, 6.07) is 6.06. The lowest BCUT2D eigenvalue weighted by Crippen LogP contribution is -2.04. The molecule has 0 amide bonds. The first-order valence-corrected chi connectivity index (χ1v) is 7.38. The molecule has 4 heteroatoms. The van der Waals surface area contributed by atoms with Crippen molar-refractivity contribution in [2.24, 2.45) is 0 Å². The van der Waals surface area contributed by atoms with E-state index in [1.807, 2.05) is 26.0 Å². The van der Waals surface area contributed by atoms with Crippen molar-refractivity contribution in [1.29, 1.82) is 0 Å². The maximum absolute atomic E-state index is 6.25. The Kier molecular flexibility index (Phi) is 4.70. The minimum Gasteiger partial charge on any atom is -0.494 e. The average Bonchev–Trinajstić information content (AvgIpc) is 2.75. The summed E-state index contributed by atoms with van der Waals surface area (Å²) in [6.45, 7) is 7.77. The minimum absolute atomic E-state index is 0.0835. The normalized spacial score (nSPS) is 12.8. The lowest BCUT2D eigenvalue weighted by Gasteiger charge is -2.09. The van der Waals surface area contributed by atoms with Gasteiger partial charge in [-0.15, -0.1) is 11.6 Å². The number of halogens is 1. The van der Waals surface area contributed by atoms with Crippen LogP contribution in [0.25, 0.3) is 11.0 Å². The van der Waals surface area contributed by atoms with E-state index in [1.165, 1.54) is 0 Å². The van der Waals surface area contributed by atoms with Crippen molar-refractivity contribution < 1.29 is 4.74 Å². The molecule has 0 aliphatic rings. The number of ether oxygens (including phenoxy) is 1. The largest absolute Gasteiger partial charge is 0.494 e. The number of imidazole rings is 1. The van der Waals surface area contributed by atoms with Crippen LogP contribution in [-0.2, 0) is 6.54 Å². The molecule has 1 aromatic heterocycles. The van der Waals surface area contributed by atoms with E-state index in [0.29, 0.717) is 6.61 Å². The highest BCUT2D eigenvalue weighted by molar-refractivity contribution is 6.20. The number of unbranched alkanes of at least 4 members (excludes halogenated alkanes) is 1. The van der Waals surface area contributed by atoms with Crippen LogP contribution in [0.5, 0.6) is 5.75 Å². The fourth-order valence-electron chi connectivity index (χ4n) is 2.24. The molecule has 1 aromatic carbocycles. The molecule has 0 saturated heterocycles. The smallest absolute Gasteiger partial charge is 0.127 e. The maximum atomic E-state index is 6.25. The molecule has 0 bridgehead atoms. The third kappa shape index (κ3) is 3.03. The minimum atomic E-state index is -0.0835. The first-order valence-electron chi connectivity index (χ1n) is 6.94. The first-order chi connectivity index (χ1) is 9.17. The van der Waals surface area contributed by atoms with Crippen LogP contribution >= 0.6 is 11.6 Å². The summed E-state index contributed by atoms with van der Waals surface area (Å²) in [5.74, 6) is 1.81. The van der Waals surface area contributed by atoms with E-state index >= 15 is 0 Å². The van der Waals surface area contributed by atoms with Gasteiger partial charge in [0.25, 0.3) is 0 Å². The molecule has 0 fully saturated rings. The second-order valence-electron chi connectivity index (χ2n) is 4.67. The molecule has 1 heterocycles. The number of hydrogen-bond acceptors (Lipinski definition) is 2. The highest BCUT2D eigenvalue weighted by atomic mass is 35.5. The van der Waals surface area contributed by atoms with Crippen LogP contribution in [0.3, 0.4) is 0 Å². The third-order valence-corrected chi connectivity index (χ3v) is 3.35. The second-order valence-corrected chi connectivity index (χ2v) is 5.33. The third-order valence-electron chi connectivity index (χ3n) is 3.15. The molecule has 3 nitrogen and oxygen atoms in total. The average molecular weight is 281 g/mol. The molecule has 1 unspecified atom stereocenters. The molecular formula is C15H21ClN2O. The van der Waals surface area contributed by atoms with E-state index in [0.717, 1.165) is 42.0 Å². The Morgan fingerprint density at radius 2 is 2.16 bits per heavy atom. The van der Waals surface area contributed by atoms with E-state index in [1.54, 1.807) is 0 Å². The molecule has 0 aliphatic heterocycles. The lowest BCUT2D eigenvalue weighted by molar-refractivity contribution is 0.340. The summed E-state index contributed by atoms with van der Waals surface area (Å²) in [7, 11) is 0. The van der Waals surface area contributed by atoms with Gasteiger partial charge in [-0.3, -0.25) is 0 Å². The van der Waals surface area contributed by atoms with Gasteiger partial charge in [0.15, 0.2) is 0 Å². The zero-order chi connectivity index (χ0) is 13.8. The molecule has 104 valence electrons. The molecule has 1 atom stereocenters. The molecule has 0 saturated carbocycles. The van der Waals surface area contributed by atoms with Gasteiger partial charge in [-0.1, -0.05) is 13.3 Å². The quantitative estimate of drug-likeness (QED) is 0.727. The Morgan fingerprint density at radius 1 is 1.37 bits per heavy atom. The standard InChI is InChI=1S/C15H21ClN2O/c1-4-6-9-18-14-8-7-12(19-5-2)10-13(14)17-15(18)11(3)16/h7-8,10-11H,4-6,9H2,1-3H3. The van der Waals surface area contributed by atoms with Gasteiger partial charge < -0.3 is 9.30 Å². The topological polar surface area (TPSA) is 27.1 Å². The number of hydrogen-bond donors (Lipinski definition) is 0. The fraction of sp³-hybridized carbons (Fsp3) is 0.533. The van der Waals surface area contributed by atoms with Gasteiger partial charge in [0, 0.05) is 12.6 Å². The Hall–Kier alpha value is -1.22. The van der Waals surface area contributed by atoms with Crippen molar-refractivity contribution in [3.63, 3.8) is 0 Å². The number of fused-ring (bicyclic) bond motifs is 1. The van der Waals surface area contributed by atoms with Gasteiger partial charge in [-0.2, -0.15) is 0 Å². The Morgan fingerprint density at radius 3 is 2.79 bits per heavy atom. The Bertz CT molecular complexity index is 548. The van der Waals surface area contributed by atoms with Crippen molar-refractivity contribution in [2.75, 3.05) is 6.61 Å². The second kappa shape index (κ2) is 6.29. The fourth-order valence-corrected chi connectivity index (χ4v) is 2.41. The molecular weight excluding hydrogens is 260 g/mol.